The Morgan fingerprint density at radius 2 is 1.80 bits per heavy atom. The third-order valence-corrected chi connectivity index (χ3v) is 4.45. The van der Waals surface area contributed by atoms with Crippen LogP contribution in [0.25, 0.3) is 11.0 Å². The fourth-order valence-electron chi connectivity index (χ4n) is 3.24. The fraction of sp³-hybridized carbons (Fsp3) is 0.429. The lowest BCUT2D eigenvalue weighted by molar-refractivity contribution is -0.388. The molecule has 11 heteroatoms. The lowest BCUT2D eigenvalue weighted by Crippen LogP contribution is -2.47. The van der Waals surface area contributed by atoms with Crippen molar-refractivity contribution in [3.05, 3.63) is 29.0 Å². The highest BCUT2D eigenvalue weighted by Crippen LogP contribution is 2.28. The Morgan fingerprint density at radius 1 is 1.08 bits per heavy atom. The SMILES string of the molecule is Cn1cnc([N+](=O)[O-])c1N1CCN(c2ncnc3c2cnn3C)CC1. The first-order valence-corrected chi connectivity index (χ1v) is 7.84. The van der Waals surface area contributed by atoms with Crippen molar-refractivity contribution in [2.75, 3.05) is 36.0 Å². The van der Waals surface area contributed by atoms with Crippen LogP contribution >= 0.6 is 0 Å². The summed E-state index contributed by atoms with van der Waals surface area (Å²) in [5.41, 5.74) is 0.787. The average molecular weight is 343 g/mol. The molecule has 0 aromatic carbocycles. The molecule has 0 atom stereocenters. The fourth-order valence-corrected chi connectivity index (χ4v) is 3.24. The molecular weight excluding hydrogens is 326 g/mol. The molecule has 0 bridgehead atoms. The normalized spacial score (nSPS) is 15.1. The van der Waals surface area contributed by atoms with E-state index < -0.39 is 4.92 Å². The number of hydrogen-bond acceptors (Lipinski definition) is 8. The zero-order valence-corrected chi connectivity index (χ0v) is 13.9. The van der Waals surface area contributed by atoms with Gasteiger partial charge in [0.05, 0.1) is 11.6 Å². The highest BCUT2D eigenvalue weighted by atomic mass is 16.6. The van der Waals surface area contributed by atoms with Crippen LogP contribution in [-0.2, 0) is 14.1 Å². The van der Waals surface area contributed by atoms with Crippen molar-refractivity contribution in [2.45, 2.75) is 0 Å². The van der Waals surface area contributed by atoms with Crippen molar-refractivity contribution in [1.82, 2.24) is 29.3 Å². The standard InChI is InChI=1S/C14H17N9O2/c1-19-9-17-13(23(24)25)14(19)22-5-3-21(4-6-22)12-10-7-18-20(2)11(10)15-8-16-12/h7-9H,3-6H2,1-2H3. The van der Waals surface area contributed by atoms with Crippen LogP contribution in [-0.4, -0.2) is 60.4 Å². The quantitative estimate of drug-likeness (QED) is 0.494. The van der Waals surface area contributed by atoms with E-state index >= 15 is 0 Å². The van der Waals surface area contributed by atoms with Gasteiger partial charge in [0.1, 0.15) is 12.1 Å². The van der Waals surface area contributed by atoms with Crippen molar-refractivity contribution in [1.29, 1.82) is 0 Å². The molecule has 25 heavy (non-hydrogen) atoms. The summed E-state index contributed by atoms with van der Waals surface area (Å²) in [4.78, 5) is 27.4. The largest absolute Gasteiger partial charge is 0.406 e. The van der Waals surface area contributed by atoms with E-state index in [1.807, 2.05) is 11.9 Å². The maximum atomic E-state index is 11.2. The van der Waals surface area contributed by atoms with E-state index in [-0.39, 0.29) is 5.82 Å². The van der Waals surface area contributed by atoms with E-state index in [0.717, 1.165) is 16.9 Å². The summed E-state index contributed by atoms with van der Waals surface area (Å²) in [5, 5.41) is 16.3. The predicted octanol–water partition coefficient (Wildman–Crippen LogP) is 0.332. The van der Waals surface area contributed by atoms with Crippen LogP contribution in [0, 0.1) is 10.1 Å². The van der Waals surface area contributed by atoms with Gasteiger partial charge in [0.15, 0.2) is 5.65 Å². The van der Waals surface area contributed by atoms with Gasteiger partial charge in [-0.05, 0) is 9.91 Å². The summed E-state index contributed by atoms with van der Waals surface area (Å²) >= 11 is 0. The average Bonchev–Trinajstić information content (AvgIpc) is 3.18. The Morgan fingerprint density at radius 3 is 2.52 bits per heavy atom. The van der Waals surface area contributed by atoms with E-state index in [1.54, 1.807) is 22.5 Å². The van der Waals surface area contributed by atoms with Crippen LogP contribution in [0.5, 0.6) is 0 Å². The van der Waals surface area contributed by atoms with Crippen molar-refractivity contribution in [3.63, 3.8) is 0 Å². The van der Waals surface area contributed by atoms with E-state index in [2.05, 4.69) is 25.0 Å². The van der Waals surface area contributed by atoms with Gasteiger partial charge in [-0.1, -0.05) is 0 Å². The van der Waals surface area contributed by atoms with E-state index in [0.29, 0.717) is 32.0 Å². The summed E-state index contributed by atoms with van der Waals surface area (Å²) in [6.45, 7) is 2.69. The summed E-state index contributed by atoms with van der Waals surface area (Å²) in [6.07, 6.45) is 4.78. The second kappa shape index (κ2) is 5.69. The van der Waals surface area contributed by atoms with Gasteiger partial charge < -0.3 is 19.9 Å². The van der Waals surface area contributed by atoms with Crippen LogP contribution in [0.3, 0.4) is 0 Å². The molecule has 1 aliphatic rings. The smallest absolute Gasteiger partial charge is 0.358 e. The van der Waals surface area contributed by atoms with Crippen LogP contribution in [0.2, 0.25) is 0 Å². The van der Waals surface area contributed by atoms with Gasteiger partial charge >= 0.3 is 5.82 Å². The topological polar surface area (TPSA) is 111 Å². The van der Waals surface area contributed by atoms with Gasteiger partial charge in [-0.15, -0.1) is 0 Å². The highest BCUT2D eigenvalue weighted by molar-refractivity contribution is 5.86. The number of anilines is 2. The van der Waals surface area contributed by atoms with E-state index in [9.17, 15) is 10.1 Å². The number of hydrogen-bond donors (Lipinski definition) is 0. The number of rotatable bonds is 3. The molecule has 0 spiro atoms. The Labute approximate surface area is 142 Å². The zero-order valence-electron chi connectivity index (χ0n) is 13.9. The Kier molecular flexibility index (Phi) is 3.48. The third kappa shape index (κ3) is 2.44. The molecule has 3 aromatic heterocycles. The highest BCUT2D eigenvalue weighted by Gasteiger charge is 2.29. The minimum absolute atomic E-state index is 0.104. The lowest BCUT2D eigenvalue weighted by atomic mass is 10.2. The molecule has 130 valence electrons. The molecule has 1 saturated heterocycles. The van der Waals surface area contributed by atoms with Gasteiger partial charge in [0.25, 0.3) is 0 Å². The molecule has 1 fully saturated rings. The van der Waals surface area contributed by atoms with Gasteiger partial charge in [-0.2, -0.15) is 5.10 Å². The van der Waals surface area contributed by atoms with Crippen molar-refractivity contribution in [2.24, 2.45) is 14.1 Å². The van der Waals surface area contributed by atoms with Gasteiger partial charge in [0, 0.05) is 40.3 Å². The summed E-state index contributed by atoms with van der Waals surface area (Å²) in [7, 11) is 3.61. The molecule has 1 aliphatic heterocycles. The van der Waals surface area contributed by atoms with Crippen molar-refractivity contribution in [3.8, 4) is 0 Å². The number of aromatic nitrogens is 6. The van der Waals surface area contributed by atoms with E-state index in [1.165, 1.54) is 12.7 Å². The van der Waals surface area contributed by atoms with Crippen molar-refractivity contribution < 1.29 is 4.92 Å². The van der Waals surface area contributed by atoms with E-state index in [4.69, 9.17) is 0 Å². The van der Waals surface area contributed by atoms with Crippen molar-refractivity contribution >= 4 is 28.5 Å². The number of aryl methyl sites for hydroxylation is 2. The number of piperazine rings is 1. The number of nitro groups is 1. The first-order valence-electron chi connectivity index (χ1n) is 7.84. The minimum atomic E-state index is -0.439. The van der Waals surface area contributed by atoms with Gasteiger partial charge in [-0.3, -0.25) is 9.25 Å². The first-order chi connectivity index (χ1) is 12.1. The first kappa shape index (κ1) is 15.3. The van der Waals surface area contributed by atoms with Crippen LogP contribution in [0.4, 0.5) is 17.5 Å². The van der Waals surface area contributed by atoms with Crippen LogP contribution in [0.1, 0.15) is 0 Å². The molecule has 4 rings (SSSR count). The minimum Gasteiger partial charge on any atom is -0.358 e. The summed E-state index contributed by atoms with van der Waals surface area (Å²) in [6, 6.07) is 0. The predicted molar refractivity (Wildman–Crippen MR) is 90.6 cm³/mol. The number of nitrogens with zero attached hydrogens (tertiary/aromatic N) is 9. The molecule has 0 amide bonds. The molecule has 0 unspecified atom stereocenters. The number of imidazole rings is 1. The zero-order chi connectivity index (χ0) is 17.6. The Hall–Kier alpha value is -3.24. The molecule has 0 radical (unpaired) electrons. The third-order valence-electron chi connectivity index (χ3n) is 4.45. The van der Waals surface area contributed by atoms with Gasteiger partial charge in [-0.25, -0.2) is 9.97 Å². The molecule has 0 aliphatic carbocycles. The second-order valence-corrected chi connectivity index (χ2v) is 5.94. The molecule has 11 nitrogen and oxygen atoms in total. The lowest BCUT2D eigenvalue weighted by Gasteiger charge is -2.36. The molecule has 4 heterocycles. The molecule has 0 N–H and O–H groups in total. The summed E-state index contributed by atoms with van der Waals surface area (Å²) in [5.74, 6) is 1.28. The summed E-state index contributed by atoms with van der Waals surface area (Å²) < 4.78 is 3.41. The maximum Gasteiger partial charge on any atom is 0.406 e. The van der Waals surface area contributed by atoms with Crippen LogP contribution in [0.15, 0.2) is 18.9 Å². The van der Waals surface area contributed by atoms with Gasteiger partial charge in [0.2, 0.25) is 12.1 Å². The second-order valence-electron chi connectivity index (χ2n) is 5.94. The number of fused-ring (bicyclic) bond motifs is 1. The monoisotopic (exact) mass is 343 g/mol. The molecule has 3 aromatic rings. The molecule has 0 saturated carbocycles. The Bertz CT molecular complexity index is 939. The Balaban J connectivity index is 1.58. The maximum absolute atomic E-state index is 11.2. The molecular formula is C14H17N9O2. The van der Waals surface area contributed by atoms with Crippen LogP contribution < -0.4 is 9.80 Å².